The van der Waals surface area contributed by atoms with E-state index < -0.39 is 0 Å². The molecule has 2 aromatic carbocycles. The third kappa shape index (κ3) is 3.86. The number of rotatable bonds is 4. The molecule has 4 heterocycles. The van der Waals surface area contributed by atoms with Crippen LogP contribution in [0.3, 0.4) is 0 Å². The summed E-state index contributed by atoms with van der Waals surface area (Å²) in [5.74, 6) is 2.07. The van der Waals surface area contributed by atoms with E-state index in [1.807, 2.05) is 30.3 Å². The quantitative estimate of drug-likeness (QED) is 0.375. The van der Waals surface area contributed by atoms with Gasteiger partial charge in [-0.05, 0) is 55.3 Å². The maximum absolute atomic E-state index is 13.2. The Balaban J connectivity index is 1.38. The minimum absolute atomic E-state index is 0.205. The van der Waals surface area contributed by atoms with E-state index in [-0.39, 0.29) is 11.4 Å². The molecule has 0 radical (unpaired) electrons. The Morgan fingerprint density at radius 2 is 1.69 bits per heavy atom. The fourth-order valence-corrected chi connectivity index (χ4v) is 4.72. The molecule has 0 spiro atoms. The first kappa shape index (κ1) is 21.9. The molecule has 0 amide bonds. The van der Waals surface area contributed by atoms with Crippen LogP contribution in [0.15, 0.2) is 82.7 Å². The number of aromatic hydroxyl groups is 1. The molecule has 8 heteroatoms. The zero-order chi connectivity index (χ0) is 24.5. The monoisotopic (exact) mass is 476 g/mol. The predicted octanol–water partition coefficient (Wildman–Crippen LogP) is 4.83. The number of nitrogens with zero attached hydrogens (tertiary/aromatic N) is 6. The molecule has 6 rings (SSSR count). The molecule has 0 aliphatic carbocycles. The molecule has 1 N–H and O–H groups in total. The van der Waals surface area contributed by atoms with Crippen LogP contribution in [0, 0.1) is 0 Å². The lowest BCUT2D eigenvalue weighted by atomic mass is 10.1. The summed E-state index contributed by atoms with van der Waals surface area (Å²) < 4.78 is 3.43. The van der Waals surface area contributed by atoms with Crippen molar-refractivity contribution in [2.24, 2.45) is 4.99 Å². The number of pyridine rings is 2. The van der Waals surface area contributed by atoms with Crippen molar-refractivity contribution < 1.29 is 5.11 Å². The first-order valence-electron chi connectivity index (χ1n) is 12.1. The fourth-order valence-electron chi connectivity index (χ4n) is 4.72. The van der Waals surface area contributed by atoms with Gasteiger partial charge in [0.2, 0.25) is 5.88 Å². The van der Waals surface area contributed by atoms with Crippen molar-refractivity contribution in [1.82, 2.24) is 24.3 Å². The van der Waals surface area contributed by atoms with Crippen molar-refractivity contribution in [2.75, 3.05) is 0 Å². The van der Waals surface area contributed by atoms with Crippen LogP contribution >= 0.6 is 0 Å². The average molecular weight is 477 g/mol. The Morgan fingerprint density at radius 1 is 0.889 bits per heavy atom. The zero-order valence-corrected chi connectivity index (χ0v) is 19.6. The second-order valence-electron chi connectivity index (χ2n) is 8.82. The zero-order valence-electron chi connectivity index (χ0n) is 19.6. The molecule has 36 heavy (non-hydrogen) atoms. The number of hydrogen-bond acceptors (Lipinski definition) is 6. The van der Waals surface area contributed by atoms with E-state index in [0.717, 1.165) is 43.0 Å². The number of aliphatic imine (C=N–C) groups is 1. The summed E-state index contributed by atoms with van der Waals surface area (Å²) in [5.41, 5.74) is 1.82. The predicted molar refractivity (Wildman–Crippen MR) is 139 cm³/mol. The SMILES string of the molecule is O=c1c2ccccc2c(C=Nc2ccc(-c3nnc4n3CCCCC4)cc2)c(O)n1-c1ccccn1. The van der Waals surface area contributed by atoms with Crippen molar-refractivity contribution in [3.63, 3.8) is 0 Å². The summed E-state index contributed by atoms with van der Waals surface area (Å²) in [7, 11) is 0. The van der Waals surface area contributed by atoms with Crippen LogP contribution in [0.25, 0.3) is 28.0 Å². The summed E-state index contributed by atoms with van der Waals surface area (Å²) in [6.45, 7) is 0.940. The first-order chi connectivity index (χ1) is 17.7. The van der Waals surface area contributed by atoms with Gasteiger partial charge in [-0.15, -0.1) is 10.2 Å². The third-order valence-electron chi connectivity index (χ3n) is 6.56. The van der Waals surface area contributed by atoms with Crippen LogP contribution in [0.4, 0.5) is 5.69 Å². The first-order valence-corrected chi connectivity index (χ1v) is 12.1. The molecule has 1 aliphatic rings. The van der Waals surface area contributed by atoms with Crippen LogP contribution in [0.2, 0.25) is 0 Å². The van der Waals surface area contributed by atoms with Crippen LogP contribution < -0.4 is 5.56 Å². The Bertz CT molecular complexity index is 1640. The molecular formula is C28H24N6O2. The van der Waals surface area contributed by atoms with Crippen molar-refractivity contribution >= 4 is 22.7 Å². The van der Waals surface area contributed by atoms with E-state index in [2.05, 4.69) is 24.7 Å². The maximum Gasteiger partial charge on any atom is 0.267 e. The van der Waals surface area contributed by atoms with E-state index in [4.69, 9.17) is 0 Å². The van der Waals surface area contributed by atoms with Gasteiger partial charge in [-0.2, -0.15) is 0 Å². The summed E-state index contributed by atoms with van der Waals surface area (Å²) in [6.07, 6.45) is 7.65. The lowest BCUT2D eigenvalue weighted by molar-refractivity contribution is 0.435. The Hall–Kier alpha value is -4.59. The van der Waals surface area contributed by atoms with E-state index >= 15 is 0 Å². The highest BCUT2D eigenvalue weighted by atomic mass is 16.3. The summed E-state index contributed by atoms with van der Waals surface area (Å²) >= 11 is 0. The number of aryl methyl sites for hydroxylation is 1. The van der Waals surface area contributed by atoms with Gasteiger partial charge in [-0.25, -0.2) is 9.55 Å². The van der Waals surface area contributed by atoms with Gasteiger partial charge in [0, 0.05) is 41.7 Å². The van der Waals surface area contributed by atoms with E-state index in [1.54, 1.807) is 48.8 Å². The third-order valence-corrected chi connectivity index (χ3v) is 6.56. The van der Waals surface area contributed by atoms with Gasteiger partial charge in [0.25, 0.3) is 5.56 Å². The van der Waals surface area contributed by atoms with Gasteiger partial charge >= 0.3 is 0 Å². The molecule has 0 saturated carbocycles. The molecular weight excluding hydrogens is 452 g/mol. The second kappa shape index (κ2) is 9.22. The van der Waals surface area contributed by atoms with Gasteiger partial charge in [-0.3, -0.25) is 9.79 Å². The van der Waals surface area contributed by atoms with Gasteiger partial charge in [-0.1, -0.05) is 30.7 Å². The maximum atomic E-state index is 13.2. The Kier molecular flexibility index (Phi) is 5.61. The summed E-state index contributed by atoms with van der Waals surface area (Å²) in [5, 5.41) is 21.0. The molecule has 0 atom stereocenters. The van der Waals surface area contributed by atoms with Gasteiger partial charge in [0.15, 0.2) is 5.82 Å². The average Bonchev–Trinajstić information content (AvgIpc) is 3.17. The standard InChI is InChI=1S/C28H24N6O2/c35-27-22-9-4-3-8-21(22)23(28(36)34(27)24-10-5-6-16-29-24)18-30-20-14-12-19(13-15-20)26-32-31-25-11-2-1-7-17-33(25)26/h3-6,8-10,12-16,18,36H,1-2,7,11,17H2. The highest BCUT2D eigenvalue weighted by Gasteiger charge is 2.18. The number of aromatic nitrogens is 5. The van der Waals surface area contributed by atoms with Crippen LogP contribution in [-0.2, 0) is 13.0 Å². The lowest BCUT2D eigenvalue weighted by Crippen LogP contribution is -2.20. The van der Waals surface area contributed by atoms with Crippen LogP contribution in [-0.4, -0.2) is 35.6 Å². The molecule has 178 valence electrons. The van der Waals surface area contributed by atoms with Gasteiger partial charge < -0.3 is 9.67 Å². The molecule has 3 aromatic heterocycles. The van der Waals surface area contributed by atoms with Crippen molar-refractivity contribution in [1.29, 1.82) is 0 Å². The Labute approximate surface area is 207 Å². The normalized spacial score (nSPS) is 13.7. The van der Waals surface area contributed by atoms with E-state index in [9.17, 15) is 9.90 Å². The van der Waals surface area contributed by atoms with Crippen molar-refractivity contribution in [3.8, 4) is 23.1 Å². The minimum atomic E-state index is -0.337. The van der Waals surface area contributed by atoms with E-state index in [0.29, 0.717) is 27.8 Å². The molecule has 0 fully saturated rings. The molecule has 1 aliphatic heterocycles. The number of hydrogen-bond donors (Lipinski definition) is 1. The van der Waals surface area contributed by atoms with E-state index in [1.165, 1.54) is 11.0 Å². The number of benzene rings is 2. The van der Waals surface area contributed by atoms with Gasteiger partial charge in [0.05, 0.1) is 11.3 Å². The largest absolute Gasteiger partial charge is 0.494 e. The summed E-state index contributed by atoms with van der Waals surface area (Å²) in [6, 6.07) is 20.2. The van der Waals surface area contributed by atoms with Crippen molar-refractivity contribution in [3.05, 3.63) is 94.7 Å². The van der Waals surface area contributed by atoms with Crippen LogP contribution in [0.1, 0.15) is 30.7 Å². The molecule has 5 aromatic rings. The molecule has 0 saturated heterocycles. The number of fused-ring (bicyclic) bond motifs is 2. The topological polar surface area (TPSA) is 98.2 Å². The fraction of sp³-hybridized carbons (Fsp3) is 0.179. The summed E-state index contributed by atoms with van der Waals surface area (Å²) in [4.78, 5) is 22.0. The van der Waals surface area contributed by atoms with Crippen LogP contribution in [0.5, 0.6) is 5.88 Å². The lowest BCUT2D eigenvalue weighted by Gasteiger charge is -2.12. The molecule has 0 bridgehead atoms. The smallest absolute Gasteiger partial charge is 0.267 e. The highest BCUT2D eigenvalue weighted by molar-refractivity contribution is 6.02. The second-order valence-corrected chi connectivity index (χ2v) is 8.82. The van der Waals surface area contributed by atoms with Gasteiger partial charge in [0.1, 0.15) is 11.6 Å². The molecule has 0 unspecified atom stereocenters. The van der Waals surface area contributed by atoms with Crippen molar-refractivity contribution in [2.45, 2.75) is 32.2 Å². The highest BCUT2D eigenvalue weighted by Crippen LogP contribution is 2.27. The Morgan fingerprint density at radius 3 is 2.50 bits per heavy atom. The minimum Gasteiger partial charge on any atom is -0.494 e. The molecule has 8 nitrogen and oxygen atoms in total.